The van der Waals surface area contributed by atoms with Crippen molar-refractivity contribution in [1.82, 2.24) is 4.31 Å². The van der Waals surface area contributed by atoms with Crippen molar-refractivity contribution < 1.29 is 35.9 Å². The van der Waals surface area contributed by atoms with E-state index < -0.39 is 39.8 Å². The molecule has 0 amide bonds. The number of ether oxygens (including phenoxy) is 2. The molecule has 0 fully saturated rings. The highest BCUT2D eigenvalue weighted by Gasteiger charge is 2.54. The van der Waals surface area contributed by atoms with Crippen molar-refractivity contribution in [2.45, 2.75) is 31.8 Å². The Balaban J connectivity index is 2.64. The quantitative estimate of drug-likeness (QED) is 0.784. The number of hydrogen-bond acceptors (Lipinski definition) is 5. The summed E-state index contributed by atoms with van der Waals surface area (Å²) in [6, 6.07) is 1.42. The van der Waals surface area contributed by atoms with Crippen molar-refractivity contribution in [3.05, 3.63) is 23.3 Å². The van der Waals surface area contributed by atoms with Gasteiger partial charge in [0.2, 0.25) is 0 Å². The summed E-state index contributed by atoms with van der Waals surface area (Å²) in [4.78, 5) is 13.0. The molecule has 1 aliphatic heterocycles. The second-order valence-corrected chi connectivity index (χ2v) is 8.11. The maximum Gasteiger partial charge on any atom is 0.511 e. The van der Waals surface area contributed by atoms with Gasteiger partial charge in [-0.15, -0.1) is 0 Å². The van der Waals surface area contributed by atoms with Gasteiger partial charge in [0.1, 0.15) is 0 Å². The molecular weight excluding hydrogens is 375 g/mol. The number of halogens is 3. The molecule has 6 nitrogen and oxygen atoms in total. The van der Waals surface area contributed by atoms with Gasteiger partial charge in [0.15, 0.2) is 17.3 Å². The van der Waals surface area contributed by atoms with Gasteiger partial charge >= 0.3 is 15.5 Å². The van der Waals surface area contributed by atoms with Gasteiger partial charge in [0.25, 0.3) is 0 Å². The molecule has 1 heterocycles. The van der Waals surface area contributed by atoms with E-state index in [-0.39, 0.29) is 22.0 Å². The molecule has 0 radical (unpaired) electrons. The minimum atomic E-state index is -5.65. The number of fused-ring (bicyclic) bond motifs is 1. The lowest BCUT2D eigenvalue weighted by Crippen LogP contribution is -2.51. The van der Waals surface area contributed by atoms with Crippen LogP contribution in [-0.2, 0) is 16.4 Å². The zero-order valence-electron chi connectivity index (χ0n) is 14.8. The minimum absolute atomic E-state index is 0.0556. The molecule has 10 heteroatoms. The summed E-state index contributed by atoms with van der Waals surface area (Å²) in [6.07, 6.45) is -0.0556. The third-order valence-electron chi connectivity index (χ3n) is 4.29. The molecule has 1 aromatic rings. The second-order valence-electron chi connectivity index (χ2n) is 6.23. The maximum absolute atomic E-state index is 13.1. The topological polar surface area (TPSA) is 72.9 Å². The SMILES string of the molecule is COc1cc2c(cc1OC)C(=O)C(C(C)C)N(S(=O)(=O)C(F)(F)F)CC2. The van der Waals surface area contributed by atoms with Gasteiger partial charge in [-0.2, -0.15) is 17.5 Å². The Morgan fingerprint density at radius 2 is 1.69 bits per heavy atom. The van der Waals surface area contributed by atoms with Crippen LogP contribution in [0.1, 0.15) is 29.8 Å². The van der Waals surface area contributed by atoms with Gasteiger partial charge in [0.05, 0.1) is 20.3 Å². The van der Waals surface area contributed by atoms with Crippen LogP contribution in [0, 0.1) is 5.92 Å². The standard InChI is InChI=1S/C16H20F3NO5S/c1-9(2)14-15(21)11-8-13(25-4)12(24-3)7-10(11)5-6-20(14)26(22,23)16(17,18)19/h7-9,14H,5-6H2,1-4H3. The first-order valence-electron chi connectivity index (χ1n) is 7.83. The Hall–Kier alpha value is -1.81. The van der Waals surface area contributed by atoms with E-state index in [0.29, 0.717) is 11.3 Å². The Kier molecular flexibility index (Phi) is 5.57. The molecular formula is C16H20F3NO5S. The lowest BCUT2D eigenvalue weighted by Gasteiger charge is -2.31. The summed E-state index contributed by atoms with van der Waals surface area (Å²) in [5.41, 5.74) is -4.92. The van der Waals surface area contributed by atoms with Gasteiger partial charge < -0.3 is 9.47 Å². The van der Waals surface area contributed by atoms with E-state index in [1.165, 1.54) is 40.2 Å². The molecule has 0 spiro atoms. The van der Waals surface area contributed by atoms with Crippen molar-refractivity contribution in [2.24, 2.45) is 5.92 Å². The van der Waals surface area contributed by atoms with E-state index in [4.69, 9.17) is 9.47 Å². The lowest BCUT2D eigenvalue weighted by molar-refractivity contribution is -0.0500. The average Bonchev–Trinajstić information content (AvgIpc) is 2.69. The zero-order valence-corrected chi connectivity index (χ0v) is 15.6. The highest BCUT2D eigenvalue weighted by atomic mass is 32.2. The average molecular weight is 395 g/mol. The molecule has 0 saturated heterocycles. The van der Waals surface area contributed by atoms with Crippen molar-refractivity contribution in [3.8, 4) is 11.5 Å². The molecule has 1 unspecified atom stereocenters. The van der Waals surface area contributed by atoms with Crippen LogP contribution in [0.3, 0.4) is 0 Å². The molecule has 1 aliphatic rings. The summed E-state index contributed by atoms with van der Waals surface area (Å²) in [5, 5.41) is 0. The predicted octanol–water partition coefficient (Wildman–Crippen LogP) is 2.62. The fourth-order valence-corrected chi connectivity index (χ4v) is 4.29. The highest BCUT2D eigenvalue weighted by molar-refractivity contribution is 7.90. The summed E-state index contributed by atoms with van der Waals surface area (Å²) in [7, 11) is -2.89. The van der Waals surface area contributed by atoms with Gasteiger partial charge in [-0.05, 0) is 30.0 Å². The van der Waals surface area contributed by atoms with E-state index in [1.54, 1.807) is 0 Å². The second kappa shape index (κ2) is 7.07. The molecule has 2 rings (SSSR count). The van der Waals surface area contributed by atoms with Crippen LogP contribution in [0.4, 0.5) is 13.2 Å². The molecule has 146 valence electrons. The lowest BCUT2D eigenvalue weighted by atomic mass is 9.93. The van der Waals surface area contributed by atoms with E-state index in [9.17, 15) is 26.4 Å². The highest BCUT2D eigenvalue weighted by Crippen LogP contribution is 2.37. The van der Waals surface area contributed by atoms with Crippen LogP contribution in [0.2, 0.25) is 0 Å². The molecule has 0 N–H and O–H groups in total. The minimum Gasteiger partial charge on any atom is -0.493 e. The largest absolute Gasteiger partial charge is 0.511 e. The third-order valence-corrected chi connectivity index (χ3v) is 5.90. The smallest absolute Gasteiger partial charge is 0.493 e. The maximum atomic E-state index is 13.1. The first-order chi connectivity index (χ1) is 12.0. The fraction of sp³-hybridized carbons (Fsp3) is 0.562. The predicted molar refractivity (Wildman–Crippen MR) is 87.9 cm³/mol. The summed E-state index contributed by atoms with van der Waals surface area (Å²) in [6.45, 7) is 2.55. The van der Waals surface area contributed by atoms with Crippen LogP contribution in [0.25, 0.3) is 0 Å². The van der Waals surface area contributed by atoms with E-state index >= 15 is 0 Å². The number of sulfonamides is 1. The molecule has 1 aromatic carbocycles. The zero-order chi connectivity index (χ0) is 19.9. The number of nitrogens with zero attached hydrogens (tertiary/aromatic N) is 1. The van der Waals surface area contributed by atoms with Crippen LogP contribution >= 0.6 is 0 Å². The summed E-state index contributed by atoms with van der Waals surface area (Å²) < 4.78 is 73.9. The normalized spacial score (nSPS) is 19.2. The monoisotopic (exact) mass is 395 g/mol. The number of ketones is 1. The molecule has 0 saturated carbocycles. The third kappa shape index (κ3) is 3.39. The Bertz CT molecular complexity index is 805. The summed E-state index contributed by atoms with van der Waals surface area (Å²) in [5.74, 6) is -0.790. The number of Topliss-reactive ketones (excluding diaryl/α,β-unsaturated/α-hetero) is 1. The van der Waals surface area contributed by atoms with Crippen molar-refractivity contribution in [2.75, 3.05) is 20.8 Å². The van der Waals surface area contributed by atoms with Gasteiger partial charge in [-0.3, -0.25) is 4.79 Å². The number of carbonyl (C=O) groups excluding carboxylic acids is 1. The van der Waals surface area contributed by atoms with Crippen LogP contribution in [-0.4, -0.2) is 50.8 Å². The molecule has 0 aromatic heterocycles. The van der Waals surface area contributed by atoms with E-state index in [2.05, 4.69) is 0 Å². The van der Waals surface area contributed by atoms with Crippen molar-refractivity contribution in [3.63, 3.8) is 0 Å². The molecule has 0 aliphatic carbocycles. The molecule has 0 bridgehead atoms. The van der Waals surface area contributed by atoms with Crippen LogP contribution in [0.15, 0.2) is 12.1 Å². The fourth-order valence-electron chi connectivity index (χ4n) is 3.06. The van der Waals surface area contributed by atoms with E-state index in [1.807, 2.05) is 0 Å². The molecule has 1 atom stereocenters. The number of methoxy groups -OCH3 is 2. The number of benzene rings is 1. The number of rotatable bonds is 4. The van der Waals surface area contributed by atoms with Gasteiger partial charge in [-0.25, -0.2) is 8.42 Å². The number of hydrogen-bond donors (Lipinski definition) is 0. The van der Waals surface area contributed by atoms with Gasteiger partial charge in [-0.1, -0.05) is 13.8 Å². The number of carbonyl (C=O) groups is 1. The van der Waals surface area contributed by atoms with Crippen LogP contribution < -0.4 is 9.47 Å². The molecule has 26 heavy (non-hydrogen) atoms. The summed E-state index contributed by atoms with van der Waals surface area (Å²) >= 11 is 0. The van der Waals surface area contributed by atoms with Gasteiger partial charge in [0, 0.05) is 12.1 Å². The first kappa shape index (κ1) is 20.5. The van der Waals surface area contributed by atoms with Crippen molar-refractivity contribution in [1.29, 1.82) is 0 Å². The number of alkyl halides is 3. The first-order valence-corrected chi connectivity index (χ1v) is 9.27. The van der Waals surface area contributed by atoms with Crippen molar-refractivity contribution >= 4 is 15.8 Å². The Labute approximate surface area is 149 Å². The Morgan fingerprint density at radius 3 is 2.15 bits per heavy atom. The van der Waals surface area contributed by atoms with Crippen LogP contribution in [0.5, 0.6) is 11.5 Å². The van der Waals surface area contributed by atoms with E-state index in [0.717, 1.165) is 0 Å². The Morgan fingerprint density at radius 1 is 1.15 bits per heavy atom.